The van der Waals surface area contributed by atoms with Gasteiger partial charge in [0.25, 0.3) is 0 Å². The van der Waals surface area contributed by atoms with Crippen molar-refractivity contribution >= 4 is 27.4 Å². The van der Waals surface area contributed by atoms with Crippen LogP contribution in [0, 0.1) is 6.92 Å². The van der Waals surface area contributed by atoms with Gasteiger partial charge in [-0.2, -0.15) is 13.2 Å². The Morgan fingerprint density at radius 3 is 2.26 bits per heavy atom. The van der Waals surface area contributed by atoms with Gasteiger partial charge in [0.2, 0.25) is 0 Å². The van der Waals surface area contributed by atoms with Crippen molar-refractivity contribution in [3.05, 3.63) is 87.9 Å². The van der Waals surface area contributed by atoms with Gasteiger partial charge in [0.05, 0.1) is 21.8 Å². The first-order valence-corrected chi connectivity index (χ1v) is 10.9. The van der Waals surface area contributed by atoms with Crippen molar-refractivity contribution in [3.8, 4) is 11.1 Å². The highest BCUT2D eigenvalue weighted by atomic mass is 35.5. The first-order chi connectivity index (χ1) is 14.4. The molecule has 0 atom stereocenters. The van der Waals surface area contributed by atoms with E-state index < -0.39 is 38.2 Å². The van der Waals surface area contributed by atoms with Crippen LogP contribution in [0.5, 0.6) is 0 Å². The van der Waals surface area contributed by atoms with E-state index in [1.165, 1.54) is 6.07 Å². The molecule has 0 aliphatic carbocycles. The molecule has 9 heteroatoms. The summed E-state index contributed by atoms with van der Waals surface area (Å²) >= 11 is 5.72. The molecule has 0 spiro atoms. The summed E-state index contributed by atoms with van der Waals surface area (Å²) in [5, 5.41) is 9.16. The van der Waals surface area contributed by atoms with E-state index in [9.17, 15) is 31.5 Å². The van der Waals surface area contributed by atoms with Crippen molar-refractivity contribution in [2.24, 2.45) is 0 Å². The molecule has 0 aliphatic heterocycles. The highest BCUT2D eigenvalue weighted by Crippen LogP contribution is 2.35. The van der Waals surface area contributed by atoms with E-state index in [0.29, 0.717) is 23.3 Å². The summed E-state index contributed by atoms with van der Waals surface area (Å²) in [5.41, 5.74) is 0.344. The van der Waals surface area contributed by atoms with Crippen LogP contribution in [-0.2, 0) is 21.8 Å². The number of alkyl halides is 3. The topological polar surface area (TPSA) is 71.4 Å². The quantitative estimate of drug-likeness (QED) is 0.498. The van der Waals surface area contributed by atoms with Crippen LogP contribution in [0.15, 0.2) is 65.6 Å². The first-order valence-electron chi connectivity index (χ1n) is 8.92. The summed E-state index contributed by atoms with van der Waals surface area (Å²) in [6, 6.07) is 13.8. The third-order valence-electron chi connectivity index (χ3n) is 4.81. The Morgan fingerprint density at radius 1 is 1.03 bits per heavy atom. The summed E-state index contributed by atoms with van der Waals surface area (Å²) in [4.78, 5) is 11.1. The van der Waals surface area contributed by atoms with Crippen molar-refractivity contribution in [1.82, 2.24) is 0 Å². The Morgan fingerprint density at radius 2 is 1.68 bits per heavy atom. The highest BCUT2D eigenvalue weighted by Gasteiger charge is 2.33. The van der Waals surface area contributed by atoms with Gasteiger partial charge < -0.3 is 5.11 Å². The lowest BCUT2D eigenvalue weighted by atomic mass is 9.93. The second-order valence-electron chi connectivity index (χ2n) is 6.87. The molecule has 3 aromatic carbocycles. The molecule has 0 radical (unpaired) electrons. The molecule has 1 N–H and O–H groups in total. The molecule has 0 unspecified atom stereocenters. The summed E-state index contributed by atoms with van der Waals surface area (Å²) in [7, 11) is -4.34. The number of aromatic carboxylic acids is 1. The zero-order valence-corrected chi connectivity index (χ0v) is 17.6. The van der Waals surface area contributed by atoms with Gasteiger partial charge in [0, 0.05) is 5.02 Å². The number of sulfone groups is 1. The normalized spacial score (nSPS) is 12.0. The monoisotopic (exact) mass is 468 g/mol. The number of carbonyl (C=O) groups is 1. The molecular weight excluding hydrogens is 453 g/mol. The Labute approximate surface area is 181 Å². The number of hydrogen-bond acceptors (Lipinski definition) is 3. The molecule has 3 aromatic rings. The van der Waals surface area contributed by atoms with E-state index in [4.69, 9.17) is 11.6 Å². The summed E-state index contributed by atoms with van der Waals surface area (Å²) in [6.45, 7) is 1.58. The van der Waals surface area contributed by atoms with Gasteiger partial charge in [-0.1, -0.05) is 48.0 Å². The lowest BCUT2D eigenvalue weighted by Gasteiger charge is -2.16. The summed E-state index contributed by atoms with van der Waals surface area (Å²) in [6.07, 6.45) is -4.79. The van der Waals surface area contributed by atoms with Crippen molar-refractivity contribution in [1.29, 1.82) is 0 Å². The number of carboxylic acids is 1. The molecule has 0 amide bonds. The third-order valence-corrected chi connectivity index (χ3v) is 6.65. The van der Waals surface area contributed by atoms with Gasteiger partial charge in [-0.3, -0.25) is 0 Å². The van der Waals surface area contributed by atoms with Crippen molar-refractivity contribution < 1.29 is 31.5 Å². The Balaban J connectivity index is 2.15. The molecule has 0 saturated carbocycles. The van der Waals surface area contributed by atoms with Crippen LogP contribution in [0.4, 0.5) is 13.2 Å². The van der Waals surface area contributed by atoms with E-state index in [2.05, 4.69) is 0 Å². The maximum Gasteiger partial charge on any atom is 0.416 e. The van der Waals surface area contributed by atoms with Gasteiger partial charge in [0.15, 0.2) is 9.84 Å². The zero-order valence-electron chi connectivity index (χ0n) is 16.1. The largest absolute Gasteiger partial charge is 0.478 e. The average molecular weight is 469 g/mol. The summed E-state index contributed by atoms with van der Waals surface area (Å²) < 4.78 is 65.3. The molecule has 0 aromatic heterocycles. The van der Waals surface area contributed by atoms with Crippen LogP contribution in [0.2, 0.25) is 5.02 Å². The predicted molar refractivity (Wildman–Crippen MR) is 111 cm³/mol. The van der Waals surface area contributed by atoms with Crippen molar-refractivity contribution in [2.75, 3.05) is 0 Å². The molecule has 0 aliphatic rings. The number of carboxylic acid groups (broad SMARTS) is 1. The molecule has 0 bridgehead atoms. The number of rotatable bonds is 5. The fraction of sp³-hybridized carbons (Fsp3) is 0.136. The molecule has 3 rings (SSSR count). The molecule has 4 nitrogen and oxygen atoms in total. The van der Waals surface area contributed by atoms with Gasteiger partial charge in [-0.25, -0.2) is 13.2 Å². The van der Waals surface area contributed by atoms with Crippen LogP contribution in [-0.4, -0.2) is 19.5 Å². The van der Waals surface area contributed by atoms with Crippen LogP contribution in [0.25, 0.3) is 11.1 Å². The Hall–Kier alpha value is -2.84. The van der Waals surface area contributed by atoms with E-state index in [1.54, 1.807) is 43.3 Å². The minimum atomic E-state index is -4.79. The van der Waals surface area contributed by atoms with Gasteiger partial charge in [-0.05, 0) is 53.4 Å². The van der Waals surface area contributed by atoms with Gasteiger partial charge in [0.1, 0.15) is 0 Å². The maximum absolute atomic E-state index is 13.1. The van der Waals surface area contributed by atoms with Crippen LogP contribution in [0.1, 0.15) is 27.0 Å². The number of halogens is 4. The molecule has 0 saturated heterocycles. The van der Waals surface area contributed by atoms with Crippen LogP contribution >= 0.6 is 11.6 Å². The SMILES string of the molecule is Cc1c(-c2ccccc2)ccc(C(=O)O)c1CS(=O)(=O)c1cc(Cl)cc(C(F)(F)F)c1. The second-order valence-corrected chi connectivity index (χ2v) is 9.29. The van der Waals surface area contributed by atoms with E-state index in [-0.39, 0.29) is 16.1 Å². The second kappa shape index (κ2) is 8.36. The predicted octanol–water partition coefficient (Wildman–Crippen LogP) is 6.01. The Kier molecular flexibility index (Phi) is 6.16. The first kappa shape index (κ1) is 22.8. The lowest BCUT2D eigenvalue weighted by molar-refractivity contribution is -0.137. The maximum atomic E-state index is 13.1. The van der Waals surface area contributed by atoms with Crippen LogP contribution in [0.3, 0.4) is 0 Å². The minimum Gasteiger partial charge on any atom is -0.478 e. The van der Waals surface area contributed by atoms with Crippen LogP contribution < -0.4 is 0 Å². The zero-order chi connectivity index (χ0) is 23.0. The fourth-order valence-electron chi connectivity index (χ4n) is 3.25. The Bertz CT molecular complexity index is 1250. The average Bonchev–Trinajstić information content (AvgIpc) is 2.68. The van der Waals surface area contributed by atoms with Gasteiger partial charge in [-0.15, -0.1) is 0 Å². The summed E-state index contributed by atoms with van der Waals surface area (Å²) in [5.74, 6) is -2.13. The molecule has 0 fully saturated rings. The molecule has 0 heterocycles. The fourth-order valence-corrected chi connectivity index (χ4v) is 5.08. The third kappa shape index (κ3) is 4.91. The lowest BCUT2D eigenvalue weighted by Crippen LogP contribution is -2.13. The molecule has 31 heavy (non-hydrogen) atoms. The van der Waals surface area contributed by atoms with Gasteiger partial charge >= 0.3 is 12.1 Å². The molecule has 162 valence electrons. The number of benzene rings is 3. The standard InChI is InChI=1S/C22H16ClF3O4S/c1-13-18(14-5-3-2-4-6-14)7-8-19(21(27)28)20(13)12-31(29,30)17-10-15(22(24,25)26)9-16(23)11-17/h2-11H,12H2,1H3,(H,27,28). The number of hydrogen-bond donors (Lipinski definition) is 1. The van der Waals surface area contributed by atoms with Crippen molar-refractivity contribution in [3.63, 3.8) is 0 Å². The van der Waals surface area contributed by atoms with E-state index >= 15 is 0 Å². The smallest absolute Gasteiger partial charge is 0.416 e. The highest BCUT2D eigenvalue weighted by molar-refractivity contribution is 7.90. The molecular formula is C22H16ClF3O4S. The van der Waals surface area contributed by atoms with Crippen molar-refractivity contribution in [2.45, 2.75) is 23.7 Å². The van der Waals surface area contributed by atoms with E-state index in [1.807, 2.05) is 0 Å². The minimum absolute atomic E-state index is 0.00221. The van der Waals surface area contributed by atoms with E-state index in [0.717, 1.165) is 11.6 Å².